The average Bonchev–Trinajstić information content (AvgIpc) is 3.04. The number of hydrogen-bond acceptors (Lipinski definition) is 4. The van der Waals surface area contributed by atoms with Crippen LogP contribution in [-0.2, 0) is 11.2 Å². The predicted octanol–water partition coefficient (Wildman–Crippen LogP) is 4.38. The number of hydrogen-bond donors (Lipinski definition) is 0. The summed E-state index contributed by atoms with van der Waals surface area (Å²) in [6.45, 7) is 2.31. The maximum Gasteiger partial charge on any atom is 0.231 e. The molecule has 0 N–H and O–H groups in total. The number of rotatable bonds is 6. The monoisotopic (exact) mass is 404 g/mol. The normalized spacial score (nSPS) is 10.8. The van der Waals surface area contributed by atoms with E-state index in [2.05, 4.69) is 10.1 Å². The van der Waals surface area contributed by atoms with E-state index in [9.17, 15) is 9.18 Å². The molecule has 0 saturated carbocycles. The molecular weight excluding hydrogens is 387 g/mol. The number of likely N-dealkylation sites (N-methyl/N-ethyl adjacent to an activating group) is 1. The summed E-state index contributed by atoms with van der Waals surface area (Å²) in [6.07, 6.45) is 6.45. The number of thioether (sulfide) groups is 1. The number of nitrogens with zero attached hydrogens (tertiary/aromatic N) is 4. The molecule has 0 aliphatic rings. The minimum atomic E-state index is -0.474. The van der Waals surface area contributed by atoms with Gasteiger partial charge in [0, 0.05) is 17.5 Å². The Morgan fingerprint density at radius 2 is 2.04 bits per heavy atom. The van der Waals surface area contributed by atoms with Crippen molar-refractivity contribution in [1.82, 2.24) is 14.8 Å². The van der Waals surface area contributed by atoms with Crippen molar-refractivity contribution < 1.29 is 9.18 Å². The molecule has 0 saturated heterocycles. The molecule has 0 bridgehead atoms. The van der Waals surface area contributed by atoms with Crippen molar-refractivity contribution in [2.75, 3.05) is 17.7 Å². The van der Waals surface area contributed by atoms with Crippen molar-refractivity contribution in [1.29, 1.82) is 0 Å². The summed E-state index contributed by atoms with van der Waals surface area (Å²) in [6, 6.07) is 9.17. The molecular formula is C19H18ClFN4OS. The second-order valence-electron chi connectivity index (χ2n) is 5.77. The maximum atomic E-state index is 13.4. The van der Waals surface area contributed by atoms with Crippen LogP contribution < -0.4 is 4.90 Å². The van der Waals surface area contributed by atoms with Crippen LogP contribution in [0, 0.1) is 5.82 Å². The van der Waals surface area contributed by atoms with Gasteiger partial charge in [0.25, 0.3) is 0 Å². The average molecular weight is 405 g/mol. The molecule has 140 valence electrons. The minimum absolute atomic E-state index is 0.0896. The standard InChI is InChI=1S/C19H18ClFN4OS/c1-3-24(18(26)8-13-4-6-16(27-2)7-5-13)17-12-25(23-19(17)20)15-9-14(21)10-22-11-15/h4-7,9-12H,3,8H2,1-2H3. The zero-order valence-electron chi connectivity index (χ0n) is 14.9. The molecule has 1 aromatic carbocycles. The lowest BCUT2D eigenvalue weighted by Crippen LogP contribution is -2.32. The van der Waals surface area contributed by atoms with Crippen LogP contribution in [0.4, 0.5) is 10.1 Å². The van der Waals surface area contributed by atoms with E-state index < -0.39 is 5.82 Å². The predicted molar refractivity (Wildman–Crippen MR) is 106 cm³/mol. The van der Waals surface area contributed by atoms with E-state index in [0.29, 0.717) is 17.9 Å². The lowest BCUT2D eigenvalue weighted by Gasteiger charge is -2.19. The third-order valence-electron chi connectivity index (χ3n) is 4.03. The smallest absolute Gasteiger partial charge is 0.231 e. The Balaban J connectivity index is 1.83. The number of halogens is 2. The number of amides is 1. The molecule has 5 nitrogen and oxygen atoms in total. The van der Waals surface area contributed by atoms with Gasteiger partial charge in [-0.15, -0.1) is 11.8 Å². The zero-order valence-corrected chi connectivity index (χ0v) is 16.5. The second kappa shape index (κ2) is 8.54. The minimum Gasteiger partial charge on any atom is -0.308 e. The molecule has 2 aromatic heterocycles. The molecule has 27 heavy (non-hydrogen) atoms. The lowest BCUT2D eigenvalue weighted by atomic mass is 10.1. The molecule has 0 atom stereocenters. The molecule has 0 fully saturated rings. The van der Waals surface area contributed by atoms with Gasteiger partial charge in [-0.3, -0.25) is 9.78 Å². The topological polar surface area (TPSA) is 51.0 Å². The van der Waals surface area contributed by atoms with E-state index in [0.717, 1.165) is 16.7 Å². The Kier molecular flexibility index (Phi) is 6.13. The van der Waals surface area contributed by atoms with Crippen molar-refractivity contribution >= 4 is 35.0 Å². The van der Waals surface area contributed by atoms with Gasteiger partial charge in [0.1, 0.15) is 11.5 Å². The van der Waals surface area contributed by atoms with Gasteiger partial charge in [0.05, 0.1) is 30.7 Å². The largest absolute Gasteiger partial charge is 0.308 e. The summed E-state index contributed by atoms with van der Waals surface area (Å²) in [5.41, 5.74) is 1.84. The molecule has 1 amide bonds. The molecule has 0 aliphatic heterocycles. The van der Waals surface area contributed by atoms with E-state index in [4.69, 9.17) is 11.6 Å². The van der Waals surface area contributed by atoms with E-state index in [1.807, 2.05) is 37.4 Å². The van der Waals surface area contributed by atoms with Gasteiger partial charge < -0.3 is 4.90 Å². The number of anilines is 1. The van der Waals surface area contributed by atoms with E-state index >= 15 is 0 Å². The molecule has 0 radical (unpaired) electrons. The molecule has 3 rings (SSSR count). The van der Waals surface area contributed by atoms with Gasteiger partial charge in [-0.25, -0.2) is 9.07 Å². The van der Waals surface area contributed by atoms with Crippen molar-refractivity contribution in [2.24, 2.45) is 0 Å². The number of carbonyl (C=O) groups excluding carboxylic acids is 1. The molecule has 0 unspecified atom stereocenters. The summed E-state index contributed by atoms with van der Waals surface area (Å²) in [7, 11) is 0. The van der Waals surface area contributed by atoms with E-state index in [1.54, 1.807) is 22.9 Å². The van der Waals surface area contributed by atoms with E-state index in [-0.39, 0.29) is 17.5 Å². The Bertz CT molecular complexity index is 945. The summed E-state index contributed by atoms with van der Waals surface area (Å²) in [4.78, 5) is 19.3. The first-order chi connectivity index (χ1) is 13.0. The zero-order chi connectivity index (χ0) is 19.4. The van der Waals surface area contributed by atoms with Gasteiger partial charge >= 0.3 is 0 Å². The molecule has 2 heterocycles. The molecule has 0 aliphatic carbocycles. The fourth-order valence-corrected chi connectivity index (χ4v) is 3.32. The quantitative estimate of drug-likeness (QED) is 0.572. The first-order valence-corrected chi connectivity index (χ1v) is 9.91. The highest BCUT2D eigenvalue weighted by Gasteiger charge is 2.20. The van der Waals surface area contributed by atoms with Gasteiger partial charge in [0.15, 0.2) is 5.15 Å². The van der Waals surface area contributed by atoms with Crippen LogP contribution >= 0.6 is 23.4 Å². The van der Waals surface area contributed by atoms with Crippen molar-refractivity contribution in [2.45, 2.75) is 18.2 Å². The van der Waals surface area contributed by atoms with Gasteiger partial charge in [-0.1, -0.05) is 23.7 Å². The third-order valence-corrected chi connectivity index (χ3v) is 5.04. The lowest BCUT2D eigenvalue weighted by molar-refractivity contribution is -0.117. The third kappa shape index (κ3) is 4.48. The van der Waals surface area contributed by atoms with Crippen LogP contribution in [-0.4, -0.2) is 33.5 Å². The first kappa shape index (κ1) is 19.4. The maximum absolute atomic E-state index is 13.4. The van der Waals surface area contributed by atoms with Crippen LogP contribution in [0.3, 0.4) is 0 Å². The van der Waals surface area contributed by atoms with Crippen LogP contribution in [0.2, 0.25) is 5.15 Å². The first-order valence-electron chi connectivity index (χ1n) is 8.31. The van der Waals surface area contributed by atoms with Gasteiger partial charge in [0.2, 0.25) is 5.91 Å². The van der Waals surface area contributed by atoms with Crippen molar-refractivity contribution in [3.05, 3.63) is 65.5 Å². The van der Waals surface area contributed by atoms with Crippen molar-refractivity contribution in [3.63, 3.8) is 0 Å². The Morgan fingerprint density at radius 1 is 1.30 bits per heavy atom. The van der Waals surface area contributed by atoms with Gasteiger partial charge in [-0.05, 0) is 30.9 Å². The van der Waals surface area contributed by atoms with E-state index in [1.165, 1.54) is 16.9 Å². The highest BCUT2D eigenvalue weighted by atomic mass is 35.5. The fraction of sp³-hybridized carbons (Fsp3) is 0.211. The second-order valence-corrected chi connectivity index (χ2v) is 7.01. The summed E-state index contributed by atoms with van der Waals surface area (Å²) >= 11 is 7.90. The van der Waals surface area contributed by atoms with Crippen LogP contribution in [0.5, 0.6) is 0 Å². The molecule has 8 heteroatoms. The molecule has 0 spiro atoms. The van der Waals surface area contributed by atoms with Crippen LogP contribution in [0.15, 0.2) is 53.8 Å². The SMILES string of the molecule is CCN(C(=O)Cc1ccc(SC)cc1)c1cn(-c2cncc(F)c2)nc1Cl. The number of carbonyl (C=O) groups is 1. The summed E-state index contributed by atoms with van der Waals surface area (Å²) < 4.78 is 14.8. The number of aromatic nitrogens is 3. The van der Waals surface area contributed by atoms with Crippen LogP contribution in [0.1, 0.15) is 12.5 Å². The Labute approximate surface area is 166 Å². The fourth-order valence-electron chi connectivity index (χ4n) is 2.68. The van der Waals surface area contributed by atoms with Crippen molar-refractivity contribution in [3.8, 4) is 5.69 Å². The highest BCUT2D eigenvalue weighted by molar-refractivity contribution is 7.98. The summed E-state index contributed by atoms with van der Waals surface area (Å²) in [5, 5.41) is 4.36. The summed E-state index contributed by atoms with van der Waals surface area (Å²) in [5.74, 6) is -0.564. The Morgan fingerprint density at radius 3 is 2.67 bits per heavy atom. The number of pyridine rings is 1. The highest BCUT2D eigenvalue weighted by Crippen LogP contribution is 2.27. The van der Waals surface area contributed by atoms with Gasteiger partial charge in [-0.2, -0.15) is 5.10 Å². The molecule has 3 aromatic rings. The Hall–Kier alpha value is -2.38. The number of benzene rings is 1. The van der Waals surface area contributed by atoms with Crippen LogP contribution in [0.25, 0.3) is 5.69 Å².